The van der Waals surface area contributed by atoms with E-state index in [0.717, 1.165) is 49.4 Å². The van der Waals surface area contributed by atoms with Crippen LogP contribution in [0.15, 0.2) is 6.07 Å². The van der Waals surface area contributed by atoms with E-state index in [9.17, 15) is 0 Å². The molecule has 20 heavy (non-hydrogen) atoms. The van der Waals surface area contributed by atoms with Crippen LogP contribution < -0.4 is 10.2 Å². The second-order valence-electron chi connectivity index (χ2n) is 5.43. The molecule has 2 rings (SSSR count). The number of hydrogen-bond donors (Lipinski definition) is 1. The fraction of sp³-hybridized carbons (Fsp3) is 0.733. The molecule has 5 nitrogen and oxygen atoms in total. The first kappa shape index (κ1) is 15.0. The largest absolute Gasteiger partial charge is 0.374 e. The predicted octanol–water partition coefficient (Wildman–Crippen LogP) is 2.68. The maximum atomic E-state index is 5.45. The summed E-state index contributed by atoms with van der Waals surface area (Å²) in [6.45, 7) is 10.7. The van der Waals surface area contributed by atoms with Crippen LogP contribution in [0.4, 0.5) is 11.6 Å². The zero-order valence-electron chi connectivity index (χ0n) is 12.9. The summed E-state index contributed by atoms with van der Waals surface area (Å²) in [5, 5.41) is 3.35. The Morgan fingerprint density at radius 3 is 2.90 bits per heavy atom. The van der Waals surface area contributed by atoms with Crippen LogP contribution in [0.3, 0.4) is 0 Å². The molecule has 1 N–H and O–H groups in total. The van der Waals surface area contributed by atoms with E-state index in [0.29, 0.717) is 13.2 Å². The van der Waals surface area contributed by atoms with Gasteiger partial charge in [-0.15, -0.1) is 0 Å². The van der Waals surface area contributed by atoms with Crippen LogP contribution in [0, 0.1) is 5.92 Å². The van der Waals surface area contributed by atoms with Gasteiger partial charge in [-0.1, -0.05) is 13.8 Å². The van der Waals surface area contributed by atoms with Gasteiger partial charge in [-0.25, -0.2) is 9.97 Å². The van der Waals surface area contributed by atoms with Gasteiger partial charge in [-0.3, -0.25) is 0 Å². The van der Waals surface area contributed by atoms with Crippen LogP contribution >= 0.6 is 0 Å². The molecule has 0 aliphatic carbocycles. The summed E-state index contributed by atoms with van der Waals surface area (Å²) in [6.07, 6.45) is 2.32. The molecule has 0 bridgehead atoms. The van der Waals surface area contributed by atoms with Gasteiger partial charge >= 0.3 is 0 Å². The quantitative estimate of drug-likeness (QED) is 0.831. The third-order valence-electron chi connectivity index (χ3n) is 3.50. The van der Waals surface area contributed by atoms with Crippen molar-refractivity contribution in [2.45, 2.75) is 40.2 Å². The van der Waals surface area contributed by atoms with Gasteiger partial charge in [0.1, 0.15) is 18.2 Å². The van der Waals surface area contributed by atoms with E-state index in [1.54, 1.807) is 0 Å². The number of nitrogens with one attached hydrogen (secondary N) is 1. The van der Waals surface area contributed by atoms with Crippen molar-refractivity contribution >= 4 is 11.6 Å². The Morgan fingerprint density at radius 1 is 1.40 bits per heavy atom. The number of aromatic nitrogens is 2. The fourth-order valence-corrected chi connectivity index (χ4v) is 2.39. The normalized spacial score (nSPS) is 18.6. The molecule has 2 heterocycles. The van der Waals surface area contributed by atoms with Crippen molar-refractivity contribution in [3.63, 3.8) is 0 Å². The molecule has 0 radical (unpaired) electrons. The third-order valence-corrected chi connectivity index (χ3v) is 3.50. The minimum atomic E-state index is 0.481. The lowest BCUT2D eigenvalue weighted by Gasteiger charge is -2.19. The zero-order chi connectivity index (χ0) is 14.4. The molecule has 1 saturated heterocycles. The third kappa shape index (κ3) is 4.07. The van der Waals surface area contributed by atoms with Crippen molar-refractivity contribution in [2.75, 3.05) is 36.5 Å². The van der Waals surface area contributed by atoms with Crippen LogP contribution in [0.5, 0.6) is 0 Å². The molecule has 1 aromatic heterocycles. The number of nitrogens with zero attached hydrogens (tertiary/aromatic N) is 3. The van der Waals surface area contributed by atoms with Crippen molar-refractivity contribution in [2.24, 2.45) is 5.92 Å². The molecule has 0 saturated carbocycles. The van der Waals surface area contributed by atoms with E-state index in [2.05, 4.69) is 40.1 Å². The van der Waals surface area contributed by atoms with E-state index in [-0.39, 0.29) is 0 Å². The van der Waals surface area contributed by atoms with E-state index < -0.39 is 0 Å². The minimum absolute atomic E-state index is 0.481. The first-order valence-electron chi connectivity index (χ1n) is 7.67. The Hall–Kier alpha value is -1.36. The van der Waals surface area contributed by atoms with Crippen molar-refractivity contribution in [3.8, 4) is 0 Å². The summed E-state index contributed by atoms with van der Waals surface area (Å²) in [7, 11) is 0. The van der Waals surface area contributed by atoms with Crippen molar-refractivity contribution in [1.29, 1.82) is 0 Å². The smallest absolute Gasteiger partial charge is 0.158 e. The van der Waals surface area contributed by atoms with Gasteiger partial charge in [0.15, 0.2) is 5.82 Å². The number of hydrogen-bond acceptors (Lipinski definition) is 5. The first-order valence-corrected chi connectivity index (χ1v) is 7.67. The molecule has 0 amide bonds. The lowest BCUT2D eigenvalue weighted by atomic mass is 10.2. The van der Waals surface area contributed by atoms with Crippen LogP contribution in [0.25, 0.3) is 0 Å². The molecule has 5 heteroatoms. The number of anilines is 2. The Labute approximate surface area is 121 Å². The first-order chi connectivity index (χ1) is 9.72. The molecule has 1 aliphatic heterocycles. The highest BCUT2D eigenvalue weighted by molar-refractivity contribution is 5.50. The molecule has 112 valence electrons. The van der Waals surface area contributed by atoms with Crippen molar-refractivity contribution < 1.29 is 4.74 Å². The lowest BCUT2D eigenvalue weighted by Crippen LogP contribution is -2.21. The maximum Gasteiger partial charge on any atom is 0.158 e. The summed E-state index contributed by atoms with van der Waals surface area (Å²) < 4.78 is 5.45. The predicted molar refractivity (Wildman–Crippen MR) is 82.1 cm³/mol. The van der Waals surface area contributed by atoms with E-state index >= 15 is 0 Å². The maximum absolute atomic E-state index is 5.45. The summed E-state index contributed by atoms with van der Waals surface area (Å²) in [5.41, 5.74) is 0. The molecule has 0 aromatic carbocycles. The average Bonchev–Trinajstić information content (AvgIpc) is 2.89. The van der Waals surface area contributed by atoms with Crippen LogP contribution in [0.1, 0.15) is 39.4 Å². The summed E-state index contributed by atoms with van der Waals surface area (Å²) in [5.74, 6) is 3.44. The molecular formula is C15H26N4O. The van der Waals surface area contributed by atoms with Crippen LogP contribution in [-0.4, -0.2) is 36.2 Å². The fourth-order valence-electron chi connectivity index (χ4n) is 2.39. The SMILES string of the molecule is CCCNc1cc(N2CCC(C)C2)nc(COCC)n1. The number of rotatable bonds is 7. The second-order valence-corrected chi connectivity index (χ2v) is 5.43. The van der Waals surface area contributed by atoms with Crippen molar-refractivity contribution in [3.05, 3.63) is 11.9 Å². The molecule has 1 aliphatic rings. The Bertz CT molecular complexity index is 398. The van der Waals surface area contributed by atoms with Gasteiger partial charge < -0.3 is 15.0 Å². The Morgan fingerprint density at radius 2 is 2.25 bits per heavy atom. The average molecular weight is 278 g/mol. The standard InChI is InChI=1S/C15H26N4O/c1-4-7-16-13-9-15(19-8-6-12(3)10-19)18-14(17-13)11-20-5-2/h9,12H,4-8,10-11H2,1-3H3,(H,16,17,18). The minimum Gasteiger partial charge on any atom is -0.374 e. The Balaban J connectivity index is 2.15. The molecular weight excluding hydrogens is 252 g/mol. The zero-order valence-corrected chi connectivity index (χ0v) is 12.9. The van der Waals surface area contributed by atoms with Gasteiger partial charge in [0.2, 0.25) is 0 Å². The highest BCUT2D eigenvalue weighted by Gasteiger charge is 2.21. The summed E-state index contributed by atoms with van der Waals surface area (Å²) in [4.78, 5) is 11.5. The molecule has 1 fully saturated rings. The molecule has 1 aromatic rings. The monoisotopic (exact) mass is 278 g/mol. The van der Waals surface area contributed by atoms with E-state index in [1.807, 2.05) is 6.92 Å². The molecule has 0 spiro atoms. The highest BCUT2D eigenvalue weighted by atomic mass is 16.5. The van der Waals surface area contributed by atoms with Gasteiger partial charge in [-0.05, 0) is 25.7 Å². The van der Waals surface area contributed by atoms with Gasteiger partial charge in [-0.2, -0.15) is 0 Å². The van der Waals surface area contributed by atoms with Gasteiger partial charge in [0.25, 0.3) is 0 Å². The highest BCUT2D eigenvalue weighted by Crippen LogP contribution is 2.23. The van der Waals surface area contributed by atoms with Gasteiger partial charge in [0, 0.05) is 32.3 Å². The van der Waals surface area contributed by atoms with Crippen LogP contribution in [-0.2, 0) is 11.3 Å². The second kappa shape index (κ2) is 7.43. The lowest BCUT2D eigenvalue weighted by molar-refractivity contribution is 0.128. The van der Waals surface area contributed by atoms with Crippen molar-refractivity contribution in [1.82, 2.24) is 9.97 Å². The Kier molecular flexibility index (Phi) is 5.59. The summed E-state index contributed by atoms with van der Waals surface area (Å²) in [6, 6.07) is 2.06. The van der Waals surface area contributed by atoms with E-state index in [4.69, 9.17) is 4.74 Å². The van der Waals surface area contributed by atoms with E-state index in [1.165, 1.54) is 6.42 Å². The van der Waals surface area contributed by atoms with Crippen LogP contribution in [0.2, 0.25) is 0 Å². The topological polar surface area (TPSA) is 50.3 Å². The molecule has 1 unspecified atom stereocenters. The van der Waals surface area contributed by atoms with Gasteiger partial charge in [0.05, 0.1) is 0 Å². The summed E-state index contributed by atoms with van der Waals surface area (Å²) >= 11 is 0. The molecule has 1 atom stereocenters. The number of ether oxygens (including phenoxy) is 1.